The lowest BCUT2D eigenvalue weighted by Gasteiger charge is -2.13. The maximum absolute atomic E-state index is 12.8. The van der Waals surface area contributed by atoms with E-state index in [1.54, 1.807) is 6.20 Å². The van der Waals surface area contributed by atoms with E-state index in [9.17, 15) is 4.79 Å². The summed E-state index contributed by atoms with van der Waals surface area (Å²) in [5, 5.41) is 7.08. The molecule has 0 bridgehead atoms. The number of nitrogens with one attached hydrogen (secondary N) is 1. The van der Waals surface area contributed by atoms with E-state index in [0.717, 1.165) is 24.0 Å². The normalized spacial score (nSPS) is 15.0. The van der Waals surface area contributed by atoms with E-state index in [-0.39, 0.29) is 5.91 Å². The minimum Gasteiger partial charge on any atom is -0.356 e. The van der Waals surface area contributed by atoms with Crippen molar-refractivity contribution < 1.29 is 9.32 Å². The number of amides is 1. The quantitative estimate of drug-likeness (QED) is 0.796. The van der Waals surface area contributed by atoms with Crippen LogP contribution in [0.15, 0.2) is 59.3 Å². The van der Waals surface area contributed by atoms with E-state index >= 15 is 0 Å². The Kier molecular flexibility index (Phi) is 3.41. The van der Waals surface area contributed by atoms with Gasteiger partial charge in [-0.2, -0.15) is 0 Å². The van der Waals surface area contributed by atoms with Gasteiger partial charge in [0.1, 0.15) is 5.82 Å². The van der Waals surface area contributed by atoms with Gasteiger partial charge in [-0.15, -0.1) is 0 Å². The van der Waals surface area contributed by atoms with E-state index in [0.29, 0.717) is 17.3 Å². The predicted octanol–water partition coefficient (Wildman–Crippen LogP) is 3.72. The van der Waals surface area contributed by atoms with Gasteiger partial charge in [-0.1, -0.05) is 41.6 Å². The largest absolute Gasteiger partial charge is 0.356 e. The van der Waals surface area contributed by atoms with Crippen LogP contribution < -0.4 is 5.32 Å². The first kappa shape index (κ1) is 14.6. The molecule has 0 spiro atoms. The fourth-order valence-corrected chi connectivity index (χ4v) is 2.81. The van der Waals surface area contributed by atoms with Crippen LogP contribution in [0.4, 0.5) is 5.82 Å². The number of nitrogens with zero attached hydrogens (tertiary/aromatic N) is 2. The zero-order valence-corrected chi connectivity index (χ0v) is 13.3. The average Bonchev–Trinajstić information content (AvgIpc) is 3.28. The molecule has 2 heterocycles. The van der Waals surface area contributed by atoms with Crippen molar-refractivity contribution in [2.24, 2.45) is 0 Å². The molecule has 5 nitrogen and oxygen atoms in total. The van der Waals surface area contributed by atoms with Crippen molar-refractivity contribution >= 4 is 11.7 Å². The highest BCUT2D eigenvalue weighted by atomic mass is 16.5. The Bertz CT molecular complexity index is 882. The molecule has 1 amide bonds. The fourth-order valence-electron chi connectivity index (χ4n) is 2.81. The van der Waals surface area contributed by atoms with E-state index in [1.165, 1.54) is 0 Å². The second-order valence-corrected chi connectivity index (χ2v) is 6.15. The summed E-state index contributed by atoms with van der Waals surface area (Å²) >= 11 is 0. The molecule has 1 fully saturated rings. The summed E-state index contributed by atoms with van der Waals surface area (Å²) in [6.07, 6.45) is 3.21. The molecular weight excluding hydrogens is 302 g/mol. The van der Waals surface area contributed by atoms with Gasteiger partial charge in [-0.05, 0) is 31.4 Å². The van der Waals surface area contributed by atoms with Crippen molar-refractivity contribution in [3.05, 3.63) is 66.0 Å². The van der Waals surface area contributed by atoms with Gasteiger partial charge in [-0.25, -0.2) is 4.98 Å². The van der Waals surface area contributed by atoms with Crippen molar-refractivity contribution in [1.82, 2.24) is 10.1 Å². The number of benzene rings is 1. The number of anilines is 1. The van der Waals surface area contributed by atoms with Crippen LogP contribution in [0.1, 0.15) is 24.1 Å². The van der Waals surface area contributed by atoms with Gasteiger partial charge in [-0.3, -0.25) is 4.79 Å². The molecule has 5 heteroatoms. The van der Waals surface area contributed by atoms with Gasteiger partial charge in [0.2, 0.25) is 5.91 Å². The number of pyridine rings is 1. The highest BCUT2D eigenvalue weighted by Gasteiger charge is 2.54. The smallest absolute Gasteiger partial charge is 0.237 e. The molecule has 1 N–H and O–H groups in total. The number of carbonyl (C=O) groups is 1. The topological polar surface area (TPSA) is 68.0 Å². The molecule has 3 aromatic rings. The molecular formula is C19H17N3O2. The van der Waals surface area contributed by atoms with Crippen LogP contribution in [0.5, 0.6) is 0 Å². The summed E-state index contributed by atoms with van der Waals surface area (Å²) in [7, 11) is 0. The van der Waals surface area contributed by atoms with Gasteiger partial charge in [0.15, 0.2) is 5.76 Å². The summed E-state index contributed by atoms with van der Waals surface area (Å²) in [5.74, 6) is 1.21. The Morgan fingerprint density at radius 2 is 1.96 bits per heavy atom. The third kappa shape index (κ3) is 2.48. The van der Waals surface area contributed by atoms with Gasteiger partial charge >= 0.3 is 0 Å². The highest BCUT2D eigenvalue weighted by molar-refractivity contribution is 6.01. The van der Waals surface area contributed by atoms with E-state index < -0.39 is 5.41 Å². The molecule has 0 unspecified atom stereocenters. The third-order valence-electron chi connectivity index (χ3n) is 4.48. The maximum atomic E-state index is 12.8. The first-order valence-electron chi connectivity index (χ1n) is 7.95. The summed E-state index contributed by atoms with van der Waals surface area (Å²) in [6, 6.07) is 15.4. The SMILES string of the molecule is Cc1cccnc1NC(=O)C1(c2cc(-c3ccccc3)on2)CC1. The lowest BCUT2D eigenvalue weighted by molar-refractivity contribution is -0.118. The Morgan fingerprint density at radius 3 is 2.67 bits per heavy atom. The van der Waals surface area contributed by atoms with Gasteiger partial charge in [0.05, 0.1) is 11.1 Å². The summed E-state index contributed by atoms with van der Waals surface area (Å²) in [6.45, 7) is 1.92. The number of aryl methyl sites for hydroxylation is 1. The van der Waals surface area contributed by atoms with Crippen LogP contribution in [-0.2, 0) is 10.2 Å². The molecule has 1 saturated carbocycles. The molecule has 4 rings (SSSR count). The van der Waals surface area contributed by atoms with Crippen LogP contribution in [-0.4, -0.2) is 16.0 Å². The minimum atomic E-state index is -0.597. The number of hydrogen-bond acceptors (Lipinski definition) is 4. The second-order valence-electron chi connectivity index (χ2n) is 6.15. The van der Waals surface area contributed by atoms with Crippen LogP contribution in [0.3, 0.4) is 0 Å². The minimum absolute atomic E-state index is 0.0720. The first-order valence-corrected chi connectivity index (χ1v) is 7.95. The summed E-state index contributed by atoms with van der Waals surface area (Å²) in [4.78, 5) is 17.0. The third-order valence-corrected chi connectivity index (χ3v) is 4.48. The van der Waals surface area contributed by atoms with Gasteiger partial charge in [0, 0.05) is 17.8 Å². The van der Waals surface area contributed by atoms with E-state index in [1.807, 2.05) is 55.5 Å². The van der Waals surface area contributed by atoms with Crippen molar-refractivity contribution in [3.8, 4) is 11.3 Å². The predicted molar refractivity (Wildman–Crippen MR) is 90.5 cm³/mol. The van der Waals surface area contributed by atoms with Crippen LogP contribution >= 0.6 is 0 Å². The molecule has 1 aliphatic carbocycles. The number of aromatic nitrogens is 2. The lowest BCUT2D eigenvalue weighted by atomic mass is 10.00. The van der Waals surface area contributed by atoms with Gasteiger partial charge < -0.3 is 9.84 Å². The van der Waals surface area contributed by atoms with Crippen molar-refractivity contribution in [1.29, 1.82) is 0 Å². The zero-order valence-electron chi connectivity index (χ0n) is 13.3. The molecule has 0 radical (unpaired) electrons. The second kappa shape index (κ2) is 5.60. The van der Waals surface area contributed by atoms with Crippen LogP contribution in [0.2, 0.25) is 0 Å². The lowest BCUT2D eigenvalue weighted by Crippen LogP contribution is -2.28. The fraction of sp³-hybridized carbons (Fsp3) is 0.211. The molecule has 0 aliphatic heterocycles. The zero-order chi connectivity index (χ0) is 16.6. The van der Waals surface area contributed by atoms with Crippen molar-refractivity contribution in [3.63, 3.8) is 0 Å². The van der Waals surface area contributed by atoms with Crippen LogP contribution in [0, 0.1) is 6.92 Å². The van der Waals surface area contributed by atoms with Gasteiger partial charge in [0.25, 0.3) is 0 Å². The average molecular weight is 319 g/mol. The Morgan fingerprint density at radius 1 is 1.17 bits per heavy atom. The Balaban J connectivity index is 1.59. The number of carbonyl (C=O) groups excluding carboxylic acids is 1. The van der Waals surface area contributed by atoms with Crippen molar-refractivity contribution in [2.45, 2.75) is 25.2 Å². The molecule has 2 aromatic heterocycles. The molecule has 0 saturated heterocycles. The molecule has 0 atom stereocenters. The number of rotatable bonds is 4. The first-order chi connectivity index (χ1) is 11.7. The summed E-state index contributed by atoms with van der Waals surface area (Å²) < 4.78 is 5.46. The number of hydrogen-bond donors (Lipinski definition) is 1. The maximum Gasteiger partial charge on any atom is 0.237 e. The Labute approximate surface area is 139 Å². The summed E-state index contributed by atoms with van der Waals surface area (Å²) in [5.41, 5.74) is 1.98. The van der Waals surface area contributed by atoms with Crippen molar-refractivity contribution in [2.75, 3.05) is 5.32 Å². The van der Waals surface area contributed by atoms with E-state index in [4.69, 9.17) is 4.52 Å². The standard InChI is InChI=1S/C19H17N3O2/c1-13-6-5-11-20-17(13)21-18(23)19(9-10-19)16-12-15(24-22-16)14-7-3-2-4-8-14/h2-8,11-12H,9-10H2,1H3,(H,20,21,23). The van der Waals surface area contributed by atoms with Crippen LogP contribution in [0.25, 0.3) is 11.3 Å². The molecule has 1 aromatic carbocycles. The Hall–Kier alpha value is -2.95. The highest BCUT2D eigenvalue weighted by Crippen LogP contribution is 2.49. The monoisotopic (exact) mass is 319 g/mol. The molecule has 1 aliphatic rings. The van der Waals surface area contributed by atoms with E-state index in [2.05, 4.69) is 15.5 Å². The molecule has 120 valence electrons. The molecule has 24 heavy (non-hydrogen) atoms.